The lowest BCUT2D eigenvalue weighted by Crippen LogP contribution is -2.39. The first-order valence-corrected chi connectivity index (χ1v) is 3.05. The van der Waals surface area contributed by atoms with Crippen molar-refractivity contribution in [2.24, 2.45) is 5.73 Å². The number of β-amino-alcohol motifs (C(OH)–C–C–N with tert-alkyl or cyclic N) is 1. The molecule has 0 radical (unpaired) electrons. The Morgan fingerprint density at radius 3 is 2.09 bits per heavy atom. The van der Waals surface area contributed by atoms with Gasteiger partial charge < -0.3 is 21.3 Å². The van der Waals surface area contributed by atoms with Crippen LogP contribution in [0.1, 0.15) is 0 Å². The molecule has 1 saturated heterocycles. The fourth-order valence-electron chi connectivity index (χ4n) is 1.00. The van der Waals surface area contributed by atoms with Gasteiger partial charge >= 0.3 is 0 Å². The third-order valence-electron chi connectivity index (χ3n) is 1.65. The van der Waals surface area contributed by atoms with Crippen molar-refractivity contribution in [3.8, 4) is 0 Å². The van der Waals surface area contributed by atoms with Crippen LogP contribution in [-0.2, 0) is 0 Å². The van der Waals surface area contributed by atoms with Crippen LogP contribution in [0.5, 0.6) is 0 Å². The van der Waals surface area contributed by atoms with E-state index in [0.29, 0.717) is 13.1 Å². The van der Waals surface area contributed by atoms with Gasteiger partial charge in [0.05, 0.1) is 12.2 Å². The number of halogens is 2. The summed E-state index contributed by atoms with van der Waals surface area (Å²) in [5.74, 6) is 0. The quantitative estimate of drug-likeness (QED) is 0.419. The van der Waals surface area contributed by atoms with Crippen LogP contribution in [0.15, 0.2) is 0 Å². The van der Waals surface area contributed by atoms with Gasteiger partial charge in [-0.05, 0) is 0 Å². The molecule has 1 fully saturated rings. The molecule has 0 saturated carbocycles. The summed E-state index contributed by atoms with van der Waals surface area (Å²) in [6.07, 6.45) is -1.33. The molecule has 70 valence electrons. The van der Waals surface area contributed by atoms with E-state index in [1.54, 1.807) is 0 Å². The Morgan fingerprint density at radius 1 is 1.36 bits per heavy atom. The Morgan fingerprint density at radius 2 is 1.91 bits per heavy atom. The Balaban J connectivity index is 0. The van der Waals surface area contributed by atoms with Crippen molar-refractivity contribution >= 4 is 24.8 Å². The molecule has 1 heterocycles. The van der Waals surface area contributed by atoms with Crippen LogP contribution in [0.3, 0.4) is 0 Å². The van der Waals surface area contributed by atoms with Gasteiger partial charge in [-0.15, -0.1) is 24.8 Å². The van der Waals surface area contributed by atoms with Crippen molar-refractivity contribution in [1.82, 2.24) is 5.32 Å². The SMILES string of the molecule is Cl.Cl.NC[C@H]1NC[C@@H](O)[C@H]1O. The summed E-state index contributed by atoms with van der Waals surface area (Å²) >= 11 is 0. The fourth-order valence-corrected chi connectivity index (χ4v) is 1.00. The van der Waals surface area contributed by atoms with E-state index in [0.717, 1.165) is 0 Å². The highest BCUT2D eigenvalue weighted by molar-refractivity contribution is 5.85. The monoisotopic (exact) mass is 204 g/mol. The Labute approximate surface area is 78.0 Å². The number of hydrogen-bond donors (Lipinski definition) is 4. The lowest BCUT2D eigenvalue weighted by Gasteiger charge is -2.12. The Kier molecular flexibility index (Phi) is 7.61. The van der Waals surface area contributed by atoms with Crippen molar-refractivity contribution in [2.45, 2.75) is 18.2 Å². The molecule has 0 aromatic carbocycles. The normalized spacial score (nSPS) is 35.7. The average molecular weight is 205 g/mol. The molecule has 1 aliphatic rings. The van der Waals surface area contributed by atoms with Gasteiger partial charge in [-0.2, -0.15) is 0 Å². The zero-order chi connectivity index (χ0) is 6.85. The van der Waals surface area contributed by atoms with Crippen molar-refractivity contribution in [2.75, 3.05) is 13.1 Å². The summed E-state index contributed by atoms with van der Waals surface area (Å²) in [5.41, 5.74) is 5.25. The zero-order valence-electron chi connectivity index (χ0n) is 5.93. The molecule has 0 aliphatic carbocycles. The third-order valence-corrected chi connectivity index (χ3v) is 1.65. The molecule has 0 aromatic rings. The minimum Gasteiger partial charge on any atom is -0.389 e. The van der Waals surface area contributed by atoms with E-state index in [9.17, 15) is 0 Å². The predicted molar refractivity (Wildman–Crippen MR) is 47.4 cm³/mol. The van der Waals surface area contributed by atoms with Crippen LogP contribution in [0.25, 0.3) is 0 Å². The van der Waals surface area contributed by atoms with Gasteiger partial charge in [0.1, 0.15) is 0 Å². The summed E-state index contributed by atoms with van der Waals surface area (Å²) in [6.45, 7) is 0.821. The largest absolute Gasteiger partial charge is 0.389 e. The summed E-state index contributed by atoms with van der Waals surface area (Å²) in [5, 5.41) is 20.9. The lowest BCUT2D eigenvalue weighted by molar-refractivity contribution is 0.0421. The number of aliphatic hydroxyl groups is 2. The molecular weight excluding hydrogens is 191 g/mol. The van der Waals surface area contributed by atoms with Crippen LogP contribution in [-0.4, -0.2) is 41.6 Å². The number of rotatable bonds is 1. The van der Waals surface area contributed by atoms with E-state index in [2.05, 4.69) is 5.32 Å². The molecule has 4 nitrogen and oxygen atoms in total. The van der Waals surface area contributed by atoms with Gasteiger partial charge in [0.25, 0.3) is 0 Å². The third kappa shape index (κ3) is 3.11. The van der Waals surface area contributed by atoms with Crippen LogP contribution in [0.2, 0.25) is 0 Å². The highest BCUT2D eigenvalue weighted by Gasteiger charge is 2.31. The van der Waals surface area contributed by atoms with E-state index < -0.39 is 12.2 Å². The second-order valence-electron chi connectivity index (χ2n) is 2.31. The van der Waals surface area contributed by atoms with Gasteiger partial charge in [-0.25, -0.2) is 0 Å². The zero-order valence-corrected chi connectivity index (χ0v) is 7.57. The van der Waals surface area contributed by atoms with E-state index in [-0.39, 0.29) is 30.9 Å². The summed E-state index contributed by atoms with van der Waals surface area (Å²) < 4.78 is 0. The Hall–Kier alpha value is 0.420. The molecular formula is C5H14Cl2N2O2. The number of aliphatic hydroxyl groups excluding tert-OH is 2. The van der Waals surface area contributed by atoms with Crippen LogP contribution < -0.4 is 11.1 Å². The fraction of sp³-hybridized carbons (Fsp3) is 1.00. The van der Waals surface area contributed by atoms with Gasteiger partial charge in [-0.3, -0.25) is 0 Å². The van der Waals surface area contributed by atoms with Crippen molar-refractivity contribution < 1.29 is 10.2 Å². The summed E-state index contributed by atoms with van der Waals surface area (Å²) in [7, 11) is 0. The molecule has 11 heavy (non-hydrogen) atoms. The van der Waals surface area contributed by atoms with E-state index in [1.165, 1.54) is 0 Å². The Bertz CT molecular complexity index is 106. The molecule has 0 unspecified atom stereocenters. The second-order valence-corrected chi connectivity index (χ2v) is 2.31. The molecule has 0 bridgehead atoms. The molecule has 1 aliphatic heterocycles. The van der Waals surface area contributed by atoms with E-state index in [4.69, 9.17) is 15.9 Å². The number of hydrogen-bond acceptors (Lipinski definition) is 4. The van der Waals surface area contributed by atoms with E-state index in [1.807, 2.05) is 0 Å². The first-order chi connectivity index (χ1) is 4.25. The molecule has 0 spiro atoms. The number of nitrogens with two attached hydrogens (primary N) is 1. The average Bonchev–Trinajstić information content (AvgIpc) is 2.15. The minimum atomic E-state index is -0.685. The maximum atomic E-state index is 9.06. The van der Waals surface area contributed by atoms with Gasteiger partial charge in [0, 0.05) is 19.1 Å². The molecule has 3 atom stereocenters. The van der Waals surface area contributed by atoms with Gasteiger partial charge in [-0.1, -0.05) is 0 Å². The first kappa shape index (κ1) is 14.0. The highest BCUT2D eigenvalue weighted by Crippen LogP contribution is 2.05. The maximum absolute atomic E-state index is 9.06. The predicted octanol–water partition coefficient (Wildman–Crippen LogP) is -1.52. The maximum Gasteiger partial charge on any atom is 0.0976 e. The highest BCUT2D eigenvalue weighted by atomic mass is 35.5. The van der Waals surface area contributed by atoms with E-state index >= 15 is 0 Å². The second kappa shape index (κ2) is 5.99. The van der Waals surface area contributed by atoms with Crippen LogP contribution in [0, 0.1) is 0 Å². The van der Waals surface area contributed by atoms with Crippen LogP contribution >= 0.6 is 24.8 Å². The number of nitrogens with one attached hydrogen (secondary N) is 1. The van der Waals surface area contributed by atoms with Crippen molar-refractivity contribution in [3.63, 3.8) is 0 Å². The molecule has 1 rings (SSSR count). The molecule has 0 aromatic heterocycles. The minimum absolute atomic E-state index is 0. The molecule has 0 amide bonds. The van der Waals surface area contributed by atoms with Gasteiger partial charge in [0.15, 0.2) is 0 Å². The van der Waals surface area contributed by atoms with Crippen LogP contribution in [0.4, 0.5) is 0 Å². The smallest absolute Gasteiger partial charge is 0.0976 e. The lowest BCUT2D eigenvalue weighted by atomic mass is 10.1. The van der Waals surface area contributed by atoms with Crippen molar-refractivity contribution in [1.29, 1.82) is 0 Å². The molecule has 6 heteroatoms. The summed E-state index contributed by atoms with van der Waals surface area (Å²) in [6, 6.07) is -0.125. The van der Waals surface area contributed by atoms with Gasteiger partial charge in [0.2, 0.25) is 0 Å². The van der Waals surface area contributed by atoms with Crippen molar-refractivity contribution in [3.05, 3.63) is 0 Å². The summed E-state index contributed by atoms with van der Waals surface area (Å²) in [4.78, 5) is 0. The first-order valence-electron chi connectivity index (χ1n) is 3.05. The standard InChI is InChI=1S/C5H12N2O2.2ClH/c6-1-3-5(9)4(8)2-7-3;;/h3-5,7-9H,1-2,6H2;2*1H/t3-,4-,5+;;/m1../s1. The topological polar surface area (TPSA) is 78.5 Å². The molecule has 5 N–H and O–H groups in total.